The van der Waals surface area contributed by atoms with Crippen molar-refractivity contribution in [3.05, 3.63) is 99.8 Å². The molecule has 52 heavy (non-hydrogen) atoms. The van der Waals surface area contributed by atoms with E-state index in [-0.39, 0.29) is 19.8 Å². The molecule has 11 nitrogen and oxygen atoms in total. The van der Waals surface area contributed by atoms with Crippen LogP contribution in [0.1, 0.15) is 60.9 Å². The summed E-state index contributed by atoms with van der Waals surface area (Å²) in [6, 6.07) is 18.6. The van der Waals surface area contributed by atoms with Gasteiger partial charge in [0.2, 0.25) is 10.0 Å². The monoisotopic (exact) mass is 744 g/mol. The topological polar surface area (TPSA) is 140 Å². The lowest BCUT2D eigenvalue weighted by Gasteiger charge is -2.35. The summed E-state index contributed by atoms with van der Waals surface area (Å²) in [6.07, 6.45) is 5.27. The van der Waals surface area contributed by atoms with Crippen LogP contribution in [0, 0.1) is 18.3 Å². The van der Waals surface area contributed by atoms with Gasteiger partial charge in [0.25, 0.3) is 5.91 Å². The minimum Gasteiger partial charge on any atom is -0.488 e. The summed E-state index contributed by atoms with van der Waals surface area (Å²) in [5.74, 6) is 1.79. The molecular formula is C39H41ClN4O7S. The number of hydrogen-bond acceptors (Lipinski definition) is 10. The summed E-state index contributed by atoms with van der Waals surface area (Å²) in [5.41, 5.74) is 5.86. The molecule has 1 fully saturated rings. The normalized spacial score (nSPS) is 15.9. The number of ether oxygens (including phenoxy) is 4. The largest absolute Gasteiger partial charge is 0.488 e. The van der Waals surface area contributed by atoms with Gasteiger partial charge in [0, 0.05) is 36.1 Å². The number of nitriles is 1. The first-order valence-electron chi connectivity index (χ1n) is 17.2. The van der Waals surface area contributed by atoms with Crippen LogP contribution in [-0.4, -0.2) is 55.3 Å². The smallest absolute Gasteiger partial charge is 0.250 e. The Labute approximate surface area is 309 Å². The molecule has 1 N–H and O–H groups in total. The maximum absolute atomic E-state index is 13.3. The summed E-state index contributed by atoms with van der Waals surface area (Å²) >= 11 is 6.87. The molecule has 1 atom stereocenters. The zero-order valence-corrected chi connectivity index (χ0v) is 30.9. The van der Waals surface area contributed by atoms with E-state index in [1.165, 1.54) is 20.0 Å². The van der Waals surface area contributed by atoms with Gasteiger partial charge >= 0.3 is 0 Å². The third-order valence-corrected chi connectivity index (χ3v) is 11.3. The van der Waals surface area contributed by atoms with Gasteiger partial charge < -0.3 is 18.9 Å². The second kappa shape index (κ2) is 16.2. The van der Waals surface area contributed by atoms with Crippen LogP contribution in [0.2, 0.25) is 5.02 Å². The van der Waals surface area contributed by atoms with Crippen LogP contribution in [0.3, 0.4) is 0 Å². The lowest BCUT2D eigenvalue weighted by Crippen LogP contribution is -2.51. The van der Waals surface area contributed by atoms with Crippen molar-refractivity contribution in [1.82, 2.24) is 14.6 Å². The molecule has 2 aliphatic heterocycles. The van der Waals surface area contributed by atoms with E-state index in [4.69, 9.17) is 30.5 Å². The third-order valence-electron chi connectivity index (χ3n) is 9.27. The molecule has 0 bridgehead atoms. The van der Waals surface area contributed by atoms with E-state index in [0.29, 0.717) is 59.4 Å². The number of nitrogens with zero attached hydrogens (tertiary/aromatic N) is 3. The molecule has 0 aliphatic carbocycles. The highest BCUT2D eigenvalue weighted by Gasteiger charge is 2.32. The highest BCUT2D eigenvalue weighted by molar-refractivity contribution is 7.90. The Balaban J connectivity index is 1.26. The summed E-state index contributed by atoms with van der Waals surface area (Å²) in [5, 5.41) is 8.98. The number of carbonyl (C=O) groups excluding carboxylic acids is 1. The molecule has 4 aromatic rings. The van der Waals surface area contributed by atoms with Crippen LogP contribution < -0.4 is 23.7 Å². The second-order valence-electron chi connectivity index (χ2n) is 13.2. The number of fused-ring (bicyclic) bond motifs is 1. The van der Waals surface area contributed by atoms with Crippen molar-refractivity contribution in [2.24, 2.45) is 0 Å². The van der Waals surface area contributed by atoms with Gasteiger partial charge in [0.05, 0.1) is 21.9 Å². The zero-order chi connectivity index (χ0) is 36.8. The predicted molar refractivity (Wildman–Crippen MR) is 197 cm³/mol. The van der Waals surface area contributed by atoms with Gasteiger partial charge in [-0.2, -0.15) is 5.26 Å². The minimum absolute atomic E-state index is 0.115. The molecule has 13 heteroatoms. The number of amides is 1. The lowest BCUT2D eigenvalue weighted by atomic mass is 9.96. The van der Waals surface area contributed by atoms with Crippen molar-refractivity contribution in [3.63, 3.8) is 0 Å². The van der Waals surface area contributed by atoms with Gasteiger partial charge in [-0.1, -0.05) is 42.3 Å². The van der Waals surface area contributed by atoms with E-state index in [1.807, 2.05) is 42.2 Å². The van der Waals surface area contributed by atoms with E-state index in [2.05, 4.69) is 21.8 Å². The highest BCUT2D eigenvalue weighted by Crippen LogP contribution is 2.38. The van der Waals surface area contributed by atoms with Crippen molar-refractivity contribution >= 4 is 27.5 Å². The Kier molecular flexibility index (Phi) is 11.5. The fourth-order valence-corrected chi connectivity index (χ4v) is 7.17. The van der Waals surface area contributed by atoms with Crippen LogP contribution in [0.25, 0.3) is 11.1 Å². The van der Waals surface area contributed by atoms with Gasteiger partial charge in [-0.15, -0.1) is 0 Å². The first-order chi connectivity index (χ1) is 25.0. The van der Waals surface area contributed by atoms with Crippen LogP contribution in [0.4, 0.5) is 0 Å². The highest BCUT2D eigenvalue weighted by atomic mass is 35.5. The Morgan fingerprint density at radius 2 is 1.81 bits per heavy atom. The van der Waals surface area contributed by atoms with E-state index in [1.54, 1.807) is 24.4 Å². The molecule has 0 radical (unpaired) electrons. The Bertz CT molecular complexity index is 2100. The molecule has 272 valence electrons. The van der Waals surface area contributed by atoms with Crippen LogP contribution in [-0.2, 0) is 34.6 Å². The molecule has 1 saturated heterocycles. The SMILES string of the molecule is Cc1c(COc2cc(OCc3cncc(C#N)c3)c(CN3CCCCC3C(=O)NS(=O)(=O)C(C)C)cc2Cl)cccc1-c1ccc2c(c1)OCCO2. The number of sulfonamides is 1. The second-order valence-corrected chi connectivity index (χ2v) is 15.8. The van der Waals surface area contributed by atoms with E-state index in [9.17, 15) is 18.5 Å². The number of halogens is 1. The van der Waals surface area contributed by atoms with Crippen molar-refractivity contribution in [1.29, 1.82) is 5.26 Å². The number of benzene rings is 3. The van der Waals surface area contributed by atoms with Crippen LogP contribution in [0.5, 0.6) is 23.0 Å². The van der Waals surface area contributed by atoms with Gasteiger partial charge in [-0.3, -0.25) is 19.4 Å². The molecule has 6 rings (SSSR count). The number of aromatic nitrogens is 1. The van der Waals surface area contributed by atoms with Crippen molar-refractivity contribution in [2.45, 2.75) is 71.1 Å². The Morgan fingerprint density at radius 3 is 2.60 bits per heavy atom. The van der Waals surface area contributed by atoms with Gasteiger partial charge in [-0.05, 0) is 86.7 Å². The number of pyridine rings is 1. The standard InChI is InChI=1S/C39H41ClN4O7S/c1-25(2)52(46,47)43-39(45)34-9-4-5-12-44(34)22-31-16-33(40)37(18-36(31)50-23-28-15-27(19-41)20-42-21-28)51-24-30-7-6-8-32(26(30)3)29-10-11-35-38(17-29)49-14-13-48-35/h6-8,10-11,15-18,20-21,25,34H,4-5,9,12-14,22-24H2,1-3H3,(H,43,45). The first kappa shape index (κ1) is 36.9. The van der Waals surface area contributed by atoms with Crippen molar-refractivity contribution < 1.29 is 32.2 Å². The van der Waals surface area contributed by atoms with Crippen LogP contribution >= 0.6 is 11.6 Å². The molecule has 2 aliphatic rings. The quantitative estimate of drug-likeness (QED) is 0.166. The van der Waals surface area contributed by atoms with E-state index < -0.39 is 27.2 Å². The lowest BCUT2D eigenvalue weighted by molar-refractivity contribution is -0.126. The van der Waals surface area contributed by atoms with E-state index >= 15 is 0 Å². The molecule has 0 saturated carbocycles. The molecule has 3 heterocycles. The van der Waals surface area contributed by atoms with E-state index in [0.717, 1.165) is 46.6 Å². The summed E-state index contributed by atoms with van der Waals surface area (Å²) in [4.78, 5) is 19.4. The minimum atomic E-state index is -3.79. The number of nitrogens with one attached hydrogen (secondary N) is 1. The summed E-state index contributed by atoms with van der Waals surface area (Å²) in [6.45, 7) is 7.36. The molecule has 1 amide bonds. The molecule has 1 aromatic heterocycles. The molecular weight excluding hydrogens is 704 g/mol. The zero-order valence-electron chi connectivity index (χ0n) is 29.4. The predicted octanol–water partition coefficient (Wildman–Crippen LogP) is 6.72. The van der Waals surface area contributed by atoms with Gasteiger partial charge in [0.15, 0.2) is 11.5 Å². The average Bonchev–Trinajstić information content (AvgIpc) is 3.14. The fourth-order valence-electron chi connectivity index (χ4n) is 6.27. The first-order valence-corrected chi connectivity index (χ1v) is 19.1. The van der Waals surface area contributed by atoms with Gasteiger partial charge in [-0.25, -0.2) is 8.42 Å². The van der Waals surface area contributed by atoms with Crippen LogP contribution in [0.15, 0.2) is 67.0 Å². The van der Waals surface area contributed by atoms with Crippen molar-refractivity contribution in [2.75, 3.05) is 19.8 Å². The molecule has 3 aromatic carbocycles. The third kappa shape index (κ3) is 8.61. The number of piperidine rings is 1. The average molecular weight is 745 g/mol. The number of rotatable bonds is 12. The van der Waals surface area contributed by atoms with Crippen molar-refractivity contribution in [3.8, 4) is 40.2 Å². The van der Waals surface area contributed by atoms with Gasteiger partial charge in [0.1, 0.15) is 44.0 Å². The Morgan fingerprint density at radius 1 is 1.02 bits per heavy atom. The maximum Gasteiger partial charge on any atom is 0.250 e. The number of hydrogen-bond donors (Lipinski definition) is 1. The Hall–Kier alpha value is -4.83. The maximum atomic E-state index is 13.3. The summed E-state index contributed by atoms with van der Waals surface area (Å²) < 4.78 is 51.5. The summed E-state index contributed by atoms with van der Waals surface area (Å²) in [7, 11) is -3.79. The fraction of sp³-hybridized carbons (Fsp3) is 0.359. The number of likely N-dealkylation sites (tertiary alicyclic amines) is 1. The number of carbonyl (C=O) groups is 1. The molecule has 0 spiro atoms. The molecule has 1 unspecified atom stereocenters.